The summed E-state index contributed by atoms with van der Waals surface area (Å²) in [6, 6.07) is 0. The third kappa shape index (κ3) is 3.43. The Morgan fingerprint density at radius 3 is 3.20 bits per heavy atom. The smallest absolute Gasteiger partial charge is 0.0535 e. The summed E-state index contributed by atoms with van der Waals surface area (Å²) in [7, 11) is 0. The Morgan fingerprint density at radius 1 is 1.60 bits per heavy atom. The van der Waals surface area contributed by atoms with Crippen LogP contribution in [0, 0.1) is 6.92 Å². The maximum atomic E-state index is 4.01. The molecule has 0 aliphatic carbocycles. The van der Waals surface area contributed by atoms with Gasteiger partial charge in [-0.15, -0.1) is 0 Å². The third-order valence-corrected chi connectivity index (χ3v) is 5.35. The molecule has 2 rings (SSSR count). The molecular weight excluding hydrogens is 226 g/mol. The molecular formula is C10H17N3S2. The molecule has 0 spiro atoms. The Bertz CT molecular complexity index is 295. The molecule has 1 aromatic rings. The first-order valence-corrected chi connectivity index (χ1v) is 7.45. The van der Waals surface area contributed by atoms with Crippen LogP contribution in [0.5, 0.6) is 0 Å². The van der Waals surface area contributed by atoms with Crippen molar-refractivity contribution in [2.24, 2.45) is 0 Å². The van der Waals surface area contributed by atoms with Crippen molar-refractivity contribution in [3.05, 3.63) is 17.5 Å². The van der Waals surface area contributed by atoms with Crippen LogP contribution in [-0.2, 0) is 6.54 Å². The van der Waals surface area contributed by atoms with Crippen LogP contribution >= 0.6 is 23.5 Å². The minimum atomic E-state index is 0.788. The molecule has 15 heavy (non-hydrogen) atoms. The van der Waals surface area contributed by atoms with Gasteiger partial charge in [0.15, 0.2) is 0 Å². The Labute approximate surface area is 99.2 Å². The molecule has 3 nitrogen and oxygen atoms in total. The Hall–Kier alpha value is -0.130. The summed E-state index contributed by atoms with van der Waals surface area (Å²) in [5.41, 5.74) is 2.46. The zero-order chi connectivity index (χ0) is 10.5. The minimum Gasteiger partial charge on any atom is -0.311 e. The molecule has 84 valence electrons. The van der Waals surface area contributed by atoms with Crippen LogP contribution in [0.3, 0.4) is 0 Å². The normalized spacial score (nSPS) is 21.8. The number of aromatic amines is 1. The van der Waals surface area contributed by atoms with E-state index in [0.717, 1.165) is 18.3 Å². The van der Waals surface area contributed by atoms with Crippen molar-refractivity contribution in [1.29, 1.82) is 0 Å². The fraction of sp³-hybridized carbons (Fsp3) is 0.700. The Morgan fingerprint density at radius 2 is 2.53 bits per heavy atom. The maximum Gasteiger partial charge on any atom is 0.0535 e. The molecule has 1 aliphatic rings. The van der Waals surface area contributed by atoms with E-state index in [4.69, 9.17) is 0 Å². The number of hydrogen-bond donors (Lipinski definition) is 2. The lowest BCUT2D eigenvalue weighted by Gasteiger charge is -2.21. The predicted molar refractivity (Wildman–Crippen MR) is 68.6 cm³/mol. The van der Waals surface area contributed by atoms with E-state index in [2.05, 4.69) is 46.0 Å². The van der Waals surface area contributed by atoms with Crippen molar-refractivity contribution in [3.63, 3.8) is 0 Å². The van der Waals surface area contributed by atoms with Crippen molar-refractivity contribution in [2.75, 3.05) is 23.8 Å². The molecule has 1 aliphatic heterocycles. The first-order valence-electron chi connectivity index (χ1n) is 5.25. The highest BCUT2D eigenvalue weighted by molar-refractivity contribution is 8.06. The molecule has 0 saturated carbocycles. The summed E-state index contributed by atoms with van der Waals surface area (Å²) in [6.07, 6.45) is 1.91. The molecule has 1 atom stereocenters. The zero-order valence-corrected chi connectivity index (χ0v) is 10.6. The molecule has 2 N–H and O–H groups in total. The summed E-state index contributed by atoms with van der Waals surface area (Å²) in [5, 5.41) is 11.3. The van der Waals surface area contributed by atoms with Gasteiger partial charge in [0.1, 0.15) is 0 Å². The predicted octanol–water partition coefficient (Wildman–Crippen LogP) is 1.66. The van der Waals surface area contributed by atoms with Crippen molar-refractivity contribution >= 4 is 23.5 Å². The molecule has 2 heterocycles. The van der Waals surface area contributed by atoms with Crippen molar-refractivity contribution in [1.82, 2.24) is 15.5 Å². The topological polar surface area (TPSA) is 40.7 Å². The van der Waals surface area contributed by atoms with Crippen molar-refractivity contribution in [3.8, 4) is 0 Å². The monoisotopic (exact) mass is 243 g/mol. The van der Waals surface area contributed by atoms with E-state index in [1.807, 2.05) is 6.20 Å². The number of aromatic nitrogens is 2. The molecule has 1 fully saturated rings. The highest BCUT2D eigenvalue weighted by Crippen LogP contribution is 2.23. The lowest BCUT2D eigenvalue weighted by molar-refractivity contribution is 0.684. The van der Waals surface area contributed by atoms with E-state index in [9.17, 15) is 0 Å². The maximum absolute atomic E-state index is 4.01. The van der Waals surface area contributed by atoms with E-state index in [-0.39, 0.29) is 0 Å². The zero-order valence-electron chi connectivity index (χ0n) is 8.95. The summed E-state index contributed by atoms with van der Waals surface area (Å²) in [5.74, 6) is 3.92. The van der Waals surface area contributed by atoms with Crippen LogP contribution in [0.15, 0.2) is 6.20 Å². The van der Waals surface area contributed by atoms with E-state index >= 15 is 0 Å². The molecule has 0 radical (unpaired) electrons. The molecule has 0 bridgehead atoms. The van der Waals surface area contributed by atoms with E-state index in [0.29, 0.717) is 0 Å². The van der Waals surface area contributed by atoms with Gasteiger partial charge in [-0.3, -0.25) is 5.10 Å². The third-order valence-electron chi connectivity index (χ3n) is 2.51. The Kier molecular flexibility index (Phi) is 4.41. The fourth-order valence-corrected chi connectivity index (χ4v) is 4.22. The number of hydrogen-bond acceptors (Lipinski definition) is 4. The fourth-order valence-electron chi connectivity index (χ4n) is 1.58. The standard InChI is InChI=1S/C10H17N3S2/c1-8-9(5-12-13-8)4-11-6-10-7-14-2-3-15-10/h5,10-11H,2-4,6-7H2,1H3,(H,12,13). The van der Waals surface area contributed by atoms with Crippen LogP contribution in [-0.4, -0.2) is 39.3 Å². The van der Waals surface area contributed by atoms with Gasteiger partial charge in [-0.1, -0.05) is 0 Å². The summed E-state index contributed by atoms with van der Waals surface area (Å²) in [4.78, 5) is 0. The van der Waals surface area contributed by atoms with E-state index in [1.165, 1.54) is 28.5 Å². The average Bonchev–Trinajstić information content (AvgIpc) is 2.66. The highest BCUT2D eigenvalue weighted by Gasteiger charge is 2.13. The quantitative estimate of drug-likeness (QED) is 0.844. The van der Waals surface area contributed by atoms with Gasteiger partial charge in [-0.25, -0.2) is 0 Å². The first kappa shape index (κ1) is 11.4. The lowest BCUT2D eigenvalue weighted by Crippen LogP contribution is -2.28. The van der Waals surface area contributed by atoms with Gasteiger partial charge in [0, 0.05) is 46.9 Å². The molecule has 0 amide bonds. The van der Waals surface area contributed by atoms with E-state index < -0.39 is 0 Å². The summed E-state index contributed by atoms with van der Waals surface area (Å²) in [6.45, 7) is 4.11. The molecule has 1 aromatic heterocycles. The summed E-state index contributed by atoms with van der Waals surface area (Å²) >= 11 is 4.17. The van der Waals surface area contributed by atoms with Gasteiger partial charge in [0.25, 0.3) is 0 Å². The second-order valence-electron chi connectivity index (χ2n) is 3.72. The van der Waals surface area contributed by atoms with Gasteiger partial charge in [-0.05, 0) is 6.92 Å². The second-order valence-corrected chi connectivity index (χ2v) is 6.28. The molecule has 1 saturated heterocycles. The van der Waals surface area contributed by atoms with E-state index in [1.54, 1.807) is 0 Å². The lowest BCUT2D eigenvalue weighted by atomic mass is 10.2. The summed E-state index contributed by atoms with van der Waals surface area (Å²) < 4.78 is 0. The van der Waals surface area contributed by atoms with Crippen molar-refractivity contribution in [2.45, 2.75) is 18.7 Å². The molecule has 5 heteroatoms. The average molecular weight is 243 g/mol. The minimum absolute atomic E-state index is 0.788. The number of H-pyrrole nitrogens is 1. The number of aryl methyl sites for hydroxylation is 1. The van der Waals surface area contributed by atoms with Gasteiger partial charge in [-0.2, -0.15) is 28.6 Å². The SMILES string of the molecule is Cc1[nH]ncc1CNCC1CSCCS1. The Balaban J connectivity index is 1.68. The van der Waals surface area contributed by atoms with Crippen LogP contribution in [0.4, 0.5) is 0 Å². The van der Waals surface area contributed by atoms with Gasteiger partial charge in [0.05, 0.1) is 6.20 Å². The molecule has 0 aromatic carbocycles. The van der Waals surface area contributed by atoms with Crippen LogP contribution in [0.2, 0.25) is 0 Å². The second kappa shape index (κ2) is 5.82. The van der Waals surface area contributed by atoms with Crippen LogP contribution in [0.1, 0.15) is 11.3 Å². The van der Waals surface area contributed by atoms with Gasteiger partial charge in [0.2, 0.25) is 0 Å². The number of nitrogens with zero attached hydrogens (tertiary/aromatic N) is 1. The van der Waals surface area contributed by atoms with Crippen molar-refractivity contribution < 1.29 is 0 Å². The number of rotatable bonds is 4. The van der Waals surface area contributed by atoms with Crippen LogP contribution < -0.4 is 5.32 Å². The van der Waals surface area contributed by atoms with Gasteiger partial charge >= 0.3 is 0 Å². The first-order chi connectivity index (χ1) is 7.36. The number of thioether (sulfide) groups is 2. The largest absolute Gasteiger partial charge is 0.311 e. The van der Waals surface area contributed by atoms with Gasteiger partial charge < -0.3 is 5.32 Å². The number of nitrogens with one attached hydrogen (secondary N) is 2. The van der Waals surface area contributed by atoms with Crippen LogP contribution in [0.25, 0.3) is 0 Å². The highest BCUT2D eigenvalue weighted by atomic mass is 32.2. The molecule has 1 unspecified atom stereocenters.